The van der Waals surface area contributed by atoms with E-state index in [2.05, 4.69) is 29.8 Å². The molecule has 1 saturated carbocycles. The lowest BCUT2D eigenvalue weighted by atomic mass is 9.76. The van der Waals surface area contributed by atoms with Gasteiger partial charge in [-0.3, -0.25) is 0 Å². The molecule has 21 heavy (non-hydrogen) atoms. The van der Waals surface area contributed by atoms with Crippen LogP contribution in [0.4, 0.5) is 0 Å². The Morgan fingerprint density at radius 1 is 1.43 bits per heavy atom. The van der Waals surface area contributed by atoms with E-state index < -0.39 is 16.0 Å². The summed E-state index contributed by atoms with van der Waals surface area (Å²) in [6.07, 6.45) is 3.39. The number of furan rings is 1. The van der Waals surface area contributed by atoms with Gasteiger partial charge in [0.15, 0.2) is 4.67 Å². The summed E-state index contributed by atoms with van der Waals surface area (Å²) in [5, 5.41) is 5.02. The van der Waals surface area contributed by atoms with Gasteiger partial charge in [-0.15, -0.1) is 0 Å². The van der Waals surface area contributed by atoms with E-state index in [0.717, 1.165) is 31.7 Å². The highest BCUT2D eigenvalue weighted by atomic mass is 79.9. The Labute approximate surface area is 132 Å². The first kappa shape index (κ1) is 16.5. The summed E-state index contributed by atoms with van der Waals surface area (Å²) in [6.45, 7) is 4.38. The number of hydrogen-bond donors (Lipinski definition) is 1. The molecule has 2 rings (SSSR count). The normalized spacial score (nSPS) is 19.4. The number of rotatable bonds is 3. The van der Waals surface area contributed by atoms with Crippen molar-refractivity contribution >= 4 is 31.9 Å². The van der Waals surface area contributed by atoms with Gasteiger partial charge in [-0.2, -0.15) is 0 Å². The molecule has 6 nitrogen and oxygen atoms in total. The van der Waals surface area contributed by atoms with Crippen molar-refractivity contribution in [3.63, 3.8) is 0 Å². The smallest absolute Gasteiger partial charge is 0.374 e. The number of hydrogen-bond acceptors (Lipinski definition) is 5. The molecule has 0 amide bonds. The zero-order valence-corrected chi connectivity index (χ0v) is 14.3. The quantitative estimate of drug-likeness (QED) is 0.813. The predicted octanol–water partition coefficient (Wildman–Crippen LogP) is 2.82. The Bertz CT molecular complexity index is 640. The Hall–Kier alpha value is -0.860. The van der Waals surface area contributed by atoms with E-state index in [1.165, 1.54) is 0 Å². The van der Waals surface area contributed by atoms with E-state index in [-0.39, 0.29) is 26.8 Å². The number of carbonyl (C=O) groups excluding carboxylic acids is 1. The molecule has 1 aromatic rings. The van der Waals surface area contributed by atoms with Crippen molar-refractivity contribution in [1.82, 2.24) is 0 Å². The fourth-order valence-corrected chi connectivity index (χ4v) is 3.85. The van der Waals surface area contributed by atoms with Crippen LogP contribution in [0, 0.1) is 5.41 Å². The number of ether oxygens (including phenoxy) is 1. The van der Waals surface area contributed by atoms with Gasteiger partial charge in [-0.05, 0) is 47.0 Å². The molecule has 1 fully saturated rings. The Kier molecular flexibility index (Phi) is 4.51. The third kappa shape index (κ3) is 4.08. The summed E-state index contributed by atoms with van der Waals surface area (Å²) in [5.41, 5.74) is 0.275. The molecular weight excluding hydrogens is 362 g/mol. The first-order valence-electron chi connectivity index (χ1n) is 6.62. The molecule has 8 heteroatoms. The SMILES string of the molecule is CC1(C)CCC(OC(=O)c2cc(S(N)(=O)=O)c(Br)o2)CC1. The van der Waals surface area contributed by atoms with Gasteiger partial charge in [0.1, 0.15) is 11.0 Å². The third-order valence-corrected chi connectivity index (χ3v) is 5.49. The molecule has 0 atom stereocenters. The van der Waals surface area contributed by atoms with Crippen molar-refractivity contribution in [2.24, 2.45) is 10.6 Å². The van der Waals surface area contributed by atoms with Gasteiger partial charge >= 0.3 is 5.97 Å². The Balaban J connectivity index is 2.05. The van der Waals surface area contributed by atoms with Gasteiger partial charge in [0, 0.05) is 6.07 Å². The summed E-state index contributed by atoms with van der Waals surface area (Å²) in [5.74, 6) is -0.842. The second kappa shape index (κ2) is 5.73. The molecule has 1 heterocycles. The van der Waals surface area contributed by atoms with Crippen LogP contribution in [0.15, 0.2) is 20.0 Å². The number of esters is 1. The number of primary sulfonamides is 1. The van der Waals surface area contributed by atoms with E-state index in [1.54, 1.807) is 0 Å². The lowest BCUT2D eigenvalue weighted by Gasteiger charge is -2.33. The maximum atomic E-state index is 12.0. The lowest BCUT2D eigenvalue weighted by molar-refractivity contribution is 0.00637. The first-order chi connectivity index (χ1) is 9.58. The summed E-state index contributed by atoms with van der Waals surface area (Å²) in [7, 11) is -3.94. The zero-order chi connectivity index (χ0) is 15.8. The van der Waals surface area contributed by atoms with Gasteiger partial charge in [0.2, 0.25) is 15.8 Å². The molecule has 0 bridgehead atoms. The fraction of sp³-hybridized carbons (Fsp3) is 0.615. The summed E-state index contributed by atoms with van der Waals surface area (Å²) < 4.78 is 32.9. The van der Waals surface area contributed by atoms with Crippen LogP contribution in [0.25, 0.3) is 0 Å². The number of sulfonamides is 1. The van der Waals surface area contributed by atoms with Gasteiger partial charge in [-0.25, -0.2) is 18.4 Å². The molecule has 0 aliphatic heterocycles. The average Bonchev–Trinajstić information content (AvgIpc) is 2.74. The predicted molar refractivity (Wildman–Crippen MR) is 79.2 cm³/mol. The summed E-state index contributed by atoms with van der Waals surface area (Å²) in [4.78, 5) is 11.7. The highest BCUT2D eigenvalue weighted by Crippen LogP contribution is 2.36. The molecular formula is C13H18BrNO5S. The topological polar surface area (TPSA) is 99.6 Å². The highest BCUT2D eigenvalue weighted by Gasteiger charge is 2.30. The van der Waals surface area contributed by atoms with Crippen molar-refractivity contribution in [3.05, 3.63) is 16.5 Å². The zero-order valence-electron chi connectivity index (χ0n) is 11.9. The Morgan fingerprint density at radius 2 is 2.00 bits per heavy atom. The number of nitrogens with two attached hydrogens (primary N) is 1. The average molecular weight is 380 g/mol. The van der Waals surface area contributed by atoms with Crippen LogP contribution in [-0.4, -0.2) is 20.5 Å². The molecule has 2 N–H and O–H groups in total. The van der Waals surface area contributed by atoms with Crippen molar-refractivity contribution in [2.45, 2.75) is 50.5 Å². The molecule has 118 valence electrons. The lowest BCUT2D eigenvalue weighted by Crippen LogP contribution is -2.28. The maximum absolute atomic E-state index is 12.0. The molecule has 0 unspecified atom stereocenters. The van der Waals surface area contributed by atoms with Crippen LogP contribution >= 0.6 is 15.9 Å². The molecule has 0 spiro atoms. The van der Waals surface area contributed by atoms with Gasteiger partial charge < -0.3 is 9.15 Å². The second-order valence-electron chi connectivity index (χ2n) is 6.06. The minimum Gasteiger partial charge on any atom is -0.457 e. The van der Waals surface area contributed by atoms with Crippen molar-refractivity contribution < 1.29 is 22.4 Å². The molecule has 1 aliphatic rings. The van der Waals surface area contributed by atoms with E-state index in [0.29, 0.717) is 0 Å². The summed E-state index contributed by atoms with van der Waals surface area (Å²) >= 11 is 2.93. The molecule has 1 aromatic heterocycles. The first-order valence-corrected chi connectivity index (χ1v) is 8.95. The van der Waals surface area contributed by atoms with Crippen LogP contribution in [0.1, 0.15) is 50.1 Å². The van der Waals surface area contributed by atoms with Crippen molar-refractivity contribution in [1.29, 1.82) is 0 Å². The minimum absolute atomic E-state index is 0.0956. The van der Waals surface area contributed by atoms with Crippen LogP contribution in [-0.2, 0) is 14.8 Å². The van der Waals surface area contributed by atoms with Gasteiger partial charge in [-0.1, -0.05) is 13.8 Å². The molecule has 0 aromatic carbocycles. The maximum Gasteiger partial charge on any atom is 0.374 e. The minimum atomic E-state index is -3.94. The van der Waals surface area contributed by atoms with Crippen LogP contribution < -0.4 is 5.14 Å². The number of halogens is 1. The van der Waals surface area contributed by atoms with E-state index in [1.807, 2.05) is 0 Å². The largest absolute Gasteiger partial charge is 0.457 e. The monoisotopic (exact) mass is 379 g/mol. The van der Waals surface area contributed by atoms with E-state index in [4.69, 9.17) is 14.3 Å². The van der Waals surface area contributed by atoms with E-state index in [9.17, 15) is 13.2 Å². The third-order valence-electron chi connectivity index (χ3n) is 3.72. The second-order valence-corrected chi connectivity index (χ2v) is 8.31. The highest BCUT2D eigenvalue weighted by molar-refractivity contribution is 9.10. The summed E-state index contributed by atoms with van der Waals surface area (Å²) in [6, 6.07) is 1.08. The van der Waals surface area contributed by atoms with Crippen molar-refractivity contribution in [3.8, 4) is 0 Å². The van der Waals surface area contributed by atoms with Crippen LogP contribution in [0.5, 0.6) is 0 Å². The van der Waals surface area contributed by atoms with Crippen LogP contribution in [0.2, 0.25) is 0 Å². The molecule has 1 aliphatic carbocycles. The van der Waals surface area contributed by atoms with Crippen molar-refractivity contribution in [2.75, 3.05) is 0 Å². The standard InChI is InChI=1S/C13H18BrNO5S/c1-13(2)5-3-8(4-6-13)19-12(16)9-7-10(11(14)20-9)21(15,17)18/h7-8H,3-6H2,1-2H3,(H2,15,17,18). The Morgan fingerprint density at radius 3 is 2.48 bits per heavy atom. The molecule has 0 saturated heterocycles. The van der Waals surface area contributed by atoms with Crippen LogP contribution in [0.3, 0.4) is 0 Å². The van der Waals surface area contributed by atoms with E-state index >= 15 is 0 Å². The molecule has 0 radical (unpaired) electrons. The van der Waals surface area contributed by atoms with Gasteiger partial charge in [0.05, 0.1) is 0 Å². The fourth-order valence-electron chi connectivity index (χ4n) is 2.35. The number of carbonyl (C=O) groups is 1. The van der Waals surface area contributed by atoms with Gasteiger partial charge in [0.25, 0.3) is 0 Å².